The number of carbonyl (C=O) groups excluding carboxylic acids is 1. The highest BCUT2D eigenvalue weighted by Crippen LogP contribution is 2.34. The molecule has 0 radical (unpaired) electrons. The largest absolute Gasteiger partial charge is 0.356 e. The van der Waals surface area contributed by atoms with E-state index in [4.69, 9.17) is 0 Å². The molecule has 0 spiro atoms. The maximum absolute atomic E-state index is 13.4. The molecule has 0 bridgehead atoms. The predicted octanol–water partition coefficient (Wildman–Crippen LogP) is 4.85. The van der Waals surface area contributed by atoms with Gasteiger partial charge >= 0.3 is 0 Å². The summed E-state index contributed by atoms with van der Waals surface area (Å²) >= 11 is 0. The summed E-state index contributed by atoms with van der Waals surface area (Å²) in [7, 11) is 0. The molecule has 0 aliphatic rings. The number of aromatic nitrogens is 1. The molecule has 0 aliphatic carbocycles. The lowest BCUT2D eigenvalue weighted by molar-refractivity contribution is -0.121. The lowest BCUT2D eigenvalue weighted by atomic mass is 9.88. The normalized spacial score (nSPS) is 12.3. The number of nitrogens with one attached hydrogen (secondary N) is 1. The van der Waals surface area contributed by atoms with Crippen LogP contribution in [0.2, 0.25) is 0 Å². The molecule has 1 amide bonds. The van der Waals surface area contributed by atoms with Gasteiger partial charge in [-0.05, 0) is 42.7 Å². The van der Waals surface area contributed by atoms with Crippen molar-refractivity contribution in [1.82, 2.24) is 9.88 Å². The summed E-state index contributed by atoms with van der Waals surface area (Å²) in [6.07, 6.45) is 3.39. The Morgan fingerprint density at radius 2 is 1.85 bits per heavy atom. The summed E-state index contributed by atoms with van der Waals surface area (Å²) in [6, 6.07) is 14.7. The molecule has 1 atom stereocenters. The molecule has 3 rings (SSSR count). The zero-order chi connectivity index (χ0) is 18.5. The molecule has 0 fully saturated rings. The SMILES string of the molecule is CCCNC(=O)C[C@@H](c1ccc(F)cc1)c1cn(CC)c2ccccc12. The molecular formula is C22H25FN2O. The van der Waals surface area contributed by atoms with E-state index < -0.39 is 0 Å². The van der Waals surface area contributed by atoms with Gasteiger partial charge in [0.1, 0.15) is 5.82 Å². The Morgan fingerprint density at radius 1 is 1.12 bits per heavy atom. The van der Waals surface area contributed by atoms with E-state index in [2.05, 4.69) is 35.1 Å². The quantitative estimate of drug-likeness (QED) is 0.648. The number of rotatable bonds is 7. The Labute approximate surface area is 153 Å². The summed E-state index contributed by atoms with van der Waals surface area (Å²) in [5.74, 6) is -0.349. The van der Waals surface area contributed by atoms with Gasteiger partial charge in [-0.1, -0.05) is 37.3 Å². The Kier molecular flexibility index (Phi) is 5.71. The summed E-state index contributed by atoms with van der Waals surface area (Å²) in [6.45, 7) is 5.67. The first-order valence-electron chi connectivity index (χ1n) is 9.24. The van der Waals surface area contributed by atoms with Crippen LogP contribution < -0.4 is 5.32 Å². The maximum Gasteiger partial charge on any atom is 0.220 e. The number of nitrogens with zero attached hydrogens (tertiary/aromatic N) is 1. The highest BCUT2D eigenvalue weighted by atomic mass is 19.1. The molecule has 136 valence electrons. The second-order valence-electron chi connectivity index (χ2n) is 6.55. The van der Waals surface area contributed by atoms with Crippen LogP contribution >= 0.6 is 0 Å². The maximum atomic E-state index is 13.4. The number of amides is 1. The van der Waals surface area contributed by atoms with Gasteiger partial charge in [-0.2, -0.15) is 0 Å². The fourth-order valence-corrected chi connectivity index (χ4v) is 3.44. The second-order valence-corrected chi connectivity index (χ2v) is 6.55. The van der Waals surface area contributed by atoms with Gasteiger partial charge in [-0.25, -0.2) is 4.39 Å². The third-order valence-corrected chi connectivity index (χ3v) is 4.77. The van der Waals surface area contributed by atoms with E-state index in [1.165, 1.54) is 12.1 Å². The van der Waals surface area contributed by atoms with Crippen LogP contribution in [0.25, 0.3) is 10.9 Å². The van der Waals surface area contributed by atoms with Crippen LogP contribution in [0.3, 0.4) is 0 Å². The third kappa shape index (κ3) is 3.79. The molecule has 0 saturated heterocycles. The standard InChI is InChI=1S/C22H25FN2O/c1-3-13-24-22(26)14-19(16-9-11-17(23)12-10-16)20-15-25(4-2)21-8-6-5-7-18(20)21/h5-12,15,19H,3-4,13-14H2,1-2H3,(H,24,26)/t19-/m0/s1. The first kappa shape index (κ1) is 18.2. The molecule has 0 unspecified atom stereocenters. The fourth-order valence-electron chi connectivity index (χ4n) is 3.44. The minimum absolute atomic E-state index is 0.0227. The molecule has 4 heteroatoms. The van der Waals surface area contributed by atoms with Crippen molar-refractivity contribution in [3.63, 3.8) is 0 Å². The Bertz CT molecular complexity index is 883. The molecule has 3 nitrogen and oxygen atoms in total. The molecule has 3 aromatic rings. The van der Waals surface area contributed by atoms with Crippen molar-refractivity contribution in [2.24, 2.45) is 0 Å². The van der Waals surface area contributed by atoms with Crippen molar-refractivity contribution in [3.05, 3.63) is 71.7 Å². The number of aryl methyl sites for hydroxylation is 1. The minimum Gasteiger partial charge on any atom is -0.356 e. The molecule has 1 heterocycles. The fraction of sp³-hybridized carbons (Fsp3) is 0.318. The average molecular weight is 352 g/mol. The van der Waals surface area contributed by atoms with Crippen molar-refractivity contribution in [2.45, 2.75) is 39.2 Å². The molecule has 1 aromatic heterocycles. The summed E-state index contributed by atoms with van der Waals surface area (Å²) in [5.41, 5.74) is 3.23. The molecule has 26 heavy (non-hydrogen) atoms. The predicted molar refractivity (Wildman–Crippen MR) is 104 cm³/mol. The van der Waals surface area contributed by atoms with Crippen LogP contribution in [0, 0.1) is 5.82 Å². The Balaban J connectivity index is 2.05. The number of hydrogen-bond donors (Lipinski definition) is 1. The lowest BCUT2D eigenvalue weighted by Crippen LogP contribution is -2.26. The number of benzene rings is 2. The number of halogens is 1. The highest BCUT2D eigenvalue weighted by Gasteiger charge is 2.22. The lowest BCUT2D eigenvalue weighted by Gasteiger charge is -2.17. The van der Waals surface area contributed by atoms with E-state index in [-0.39, 0.29) is 17.6 Å². The molecule has 2 aromatic carbocycles. The monoisotopic (exact) mass is 352 g/mol. The van der Waals surface area contributed by atoms with Gasteiger partial charge < -0.3 is 9.88 Å². The van der Waals surface area contributed by atoms with Crippen LogP contribution in [0.1, 0.15) is 43.7 Å². The van der Waals surface area contributed by atoms with Crippen LogP contribution in [0.4, 0.5) is 4.39 Å². The minimum atomic E-state index is -0.265. The number of para-hydroxylation sites is 1. The van der Waals surface area contributed by atoms with Crippen LogP contribution in [-0.2, 0) is 11.3 Å². The van der Waals surface area contributed by atoms with E-state index in [1.54, 1.807) is 12.1 Å². The van der Waals surface area contributed by atoms with Crippen molar-refractivity contribution < 1.29 is 9.18 Å². The number of carbonyl (C=O) groups is 1. The summed E-state index contributed by atoms with van der Waals surface area (Å²) in [4.78, 5) is 12.4. The van der Waals surface area contributed by atoms with E-state index in [9.17, 15) is 9.18 Å². The van der Waals surface area contributed by atoms with Gasteiger partial charge in [0.2, 0.25) is 5.91 Å². The van der Waals surface area contributed by atoms with Gasteiger partial charge in [0.25, 0.3) is 0 Å². The van der Waals surface area contributed by atoms with E-state index in [0.29, 0.717) is 13.0 Å². The molecular weight excluding hydrogens is 327 g/mol. The second kappa shape index (κ2) is 8.17. The zero-order valence-electron chi connectivity index (χ0n) is 15.3. The van der Waals surface area contributed by atoms with Gasteiger partial charge in [0.05, 0.1) is 0 Å². The molecule has 1 N–H and O–H groups in total. The van der Waals surface area contributed by atoms with Crippen molar-refractivity contribution >= 4 is 16.8 Å². The average Bonchev–Trinajstić information content (AvgIpc) is 3.04. The van der Waals surface area contributed by atoms with Crippen molar-refractivity contribution in [3.8, 4) is 0 Å². The van der Waals surface area contributed by atoms with Gasteiger partial charge in [-0.15, -0.1) is 0 Å². The van der Waals surface area contributed by atoms with E-state index >= 15 is 0 Å². The molecule has 0 aliphatic heterocycles. The first-order chi connectivity index (χ1) is 12.6. The van der Waals surface area contributed by atoms with Crippen molar-refractivity contribution in [2.75, 3.05) is 6.54 Å². The van der Waals surface area contributed by atoms with E-state index in [0.717, 1.165) is 35.0 Å². The Morgan fingerprint density at radius 3 is 2.54 bits per heavy atom. The number of hydrogen-bond acceptors (Lipinski definition) is 1. The van der Waals surface area contributed by atoms with Crippen LogP contribution in [-0.4, -0.2) is 17.0 Å². The topological polar surface area (TPSA) is 34.0 Å². The highest BCUT2D eigenvalue weighted by molar-refractivity contribution is 5.86. The molecule has 0 saturated carbocycles. The van der Waals surface area contributed by atoms with Gasteiger partial charge in [0.15, 0.2) is 0 Å². The van der Waals surface area contributed by atoms with Crippen LogP contribution in [0.15, 0.2) is 54.7 Å². The zero-order valence-corrected chi connectivity index (χ0v) is 15.3. The first-order valence-corrected chi connectivity index (χ1v) is 9.24. The summed E-state index contributed by atoms with van der Waals surface area (Å²) in [5, 5.41) is 4.11. The van der Waals surface area contributed by atoms with E-state index in [1.807, 2.05) is 19.1 Å². The van der Waals surface area contributed by atoms with Crippen molar-refractivity contribution in [1.29, 1.82) is 0 Å². The van der Waals surface area contributed by atoms with Gasteiger partial charge in [0, 0.05) is 42.5 Å². The Hall–Kier alpha value is -2.62. The number of fused-ring (bicyclic) bond motifs is 1. The summed E-state index contributed by atoms with van der Waals surface area (Å²) < 4.78 is 15.6. The van der Waals surface area contributed by atoms with Gasteiger partial charge in [-0.3, -0.25) is 4.79 Å². The third-order valence-electron chi connectivity index (χ3n) is 4.77. The smallest absolute Gasteiger partial charge is 0.220 e. The van der Waals surface area contributed by atoms with Crippen LogP contribution in [0.5, 0.6) is 0 Å².